The molecule has 1 saturated carbocycles. The van der Waals surface area contributed by atoms with Crippen LogP contribution in [-0.4, -0.2) is 47.0 Å². The summed E-state index contributed by atoms with van der Waals surface area (Å²) in [7, 11) is 1.89. The zero-order chi connectivity index (χ0) is 17.3. The minimum absolute atomic E-state index is 0.0676. The van der Waals surface area contributed by atoms with Crippen molar-refractivity contribution in [1.29, 1.82) is 0 Å². The largest absolute Gasteiger partial charge is 0.379 e. The highest BCUT2D eigenvalue weighted by Crippen LogP contribution is 2.42. The van der Waals surface area contributed by atoms with E-state index in [0.717, 1.165) is 42.9 Å². The third-order valence-electron chi connectivity index (χ3n) is 5.37. The number of aryl methyl sites for hydroxylation is 1. The first-order valence-electron chi connectivity index (χ1n) is 8.88. The molecule has 0 radical (unpaired) electrons. The zero-order valence-electron chi connectivity index (χ0n) is 14.6. The van der Waals surface area contributed by atoms with Gasteiger partial charge in [0.15, 0.2) is 0 Å². The second-order valence-corrected chi connectivity index (χ2v) is 7.15. The molecule has 6 nitrogen and oxygen atoms in total. The monoisotopic (exact) mass is 340 g/mol. The molecule has 2 fully saturated rings. The lowest BCUT2D eigenvalue weighted by Crippen LogP contribution is -2.46. The molecule has 1 aromatic carbocycles. The fourth-order valence-electron chi connectivity index (χ4n) is 3.81. The summed E-state index contributed by atoms with van der Waals surface area (Å²) < 4.78 is 7.54. The molecule has 25 heavy (non-hydrogen) atoms. The highest BCUT2D eigenvalue weighted by Gasteiger charge is 2.41. The van der Waals surface area contributed by atoms with Crippen LogP contribution in [-0.2, 0) is 11.8 Å². The maximum Gasteiger partial charge on any atom is 0.322 e. The van der Waals surface area contributed by atoms with Gasteiger partial charge in [0.05, 0.1) is 30.8 Å². The van der Waals surface area contributed by atoms with Crippen LogP contribution in [0.25, 0.3) is 11.3 Å². The summed E-state index contributed by atoms with van der Waals surface area (Å²) in [6.07, 6.45) is 5.26. The Kier molecular flexibility index (Phi) is 4.21. The number of hydrogen-bond donors (Lipinski definition) is 1. The van der Waals surface area contributed by atoms with E-state index in [1.54, 1.807) is 10.9 Å². The molecule has 1 saturated heterocycles. The lowest BCUT2D eigenvalue weighted by atomic mass is 9.69. The molecular formula is C19H24N4O2. The summed E-state index contributed by atoms with van der Waals surface area (Å²) >= 11 is 0. The molecule has 0 bridgehead atoms. The maximum atomic E-state index is 12.9. The standard InChI is InChI=1S/C19H24N4O2/c1-22-17(15-6-3-2-4-7-15)16(12-20-22)21-18(24)23-10-11-25-14-19(13-23)8-5-9-19/h2-4,6-7,12H,5,8-11,13-14H2,1H3,(H,21,24). The molecule has 6 heteroatoms. The van der Waals surface area contributed by atoms with Crippen molar-refractivity contribution in [2.24, 2.45) is 12.5 Å². The van der Waals surface area contributed by atoms with Crippen molar-refractivity contribution in [3.05, 3.63) is 36.5 Å². The van der Waals surface area contributed by atoms with Crippen molar-refractivity contribution in [3.8, 4) is 11.3 Å². The molecule has 1 aliphatic carbocycles. The first-order valence-corrected chi connectivity index (χ1v) is 8.88. The van der Waals surface area contributed by atoms with Crippen molar-refractivity contribution in [3.63, 3.8) is 0 Å². The van der Waals surface area contributed by atoms with E-state index in [9.17, 15) is 4.79 Å². The van der Waals surface area contributed by atoms with Gasteiger partial charge in [0.25, 0.3) is 0 Å². The predicted molar refractivity (Wildman–Crippen MR) is 96.3 cm³/mol. The van der Waals surface area contributed by atoms with Gasteiger partial charge in [0.2, 0.25) is 0 Å². The van der Waals surface area contributed by atoms with Crippen LogP contribution >= 0.6 is 0 Å². The number of nitrogens with one attached hydrogen (secondary N) is 1. The van der Waals surface area contributed by atoms with Gasteiger partial charge in [-0.15, -0.1) is 0 Å². The molecule has 2 amide bonds. The predicted octanol–water partition coefficient (Wildman–Crippen LogP) is 3.12. The summed E-state index contributed by atoms with van der Waals surface area (Å²) in [6.45, 7) is 2.79. The fraction of sp³-hybridized carbons (Fsp3) is 0.474. The molecule has 1 aromatic heterocycles. The zero-order valence-corrected chi connectivity index (χ0v) is 14.6. The lowest BCUT2D eigenvalue weighted by Gasteiger charge is -2.42. The number of rotatable bonds is 2. The number of anilines is 1. The van der Waals surface area contributed by atoms with Crippen molar-refractivity contribution in [2.75, 3.05) is 31.6 Å². The third kappa shape index (κ3) is 3.14. The van der Waals surface area contributed by atoms with E-state index in [2.05, 4.69) is 10.4 Å². The Balaban J connectivity index is 1.53. The number of amides is 2. The molecule has 132 valence electrons. The van der Waals surface area contributed by atoms with Crippen molar-refractivity contribution < 1.29 is 9.53 Å². The Morgan fingerprint density at radius 1 is 1.28 bits per heavy atom. The summed E-state index contributed by atoms with van der Waals surface area (Å²) in [4.78, 5) is 14.8. The maximum absolute atomic E-state index is 12.9. The van der Waals surface area contributed by atoms with Gasteiger partial charge in [0, 0.05) is 31.1 Å². The molecule has 0 unspecified atom stereocenters. The summed E-state index contributed by atoms with van der Waals surface area (Å²) in [5.74, 6) is 0. The van der Waals surface area contributed by atoms with Gasteiger partial charge < -0.3 is 15.0 Å². The quantitative estimate of drug-likeness (QED) is 0.914. The topological polar surface area (TPSA) is 59.4 Å². The first-order chi connectivity index (χ1) is 12.2. The summed E-state index contributed by atoms with van der Waals surface area (Å²) in [5.41, 5.74) is 2.86. The Morgan fingerprint density at radius 3 is 2.80 bits per heavy atom. The second kappa shape index (κ2) is 6.52. The van der Waals surface area contributed by atoms with Crippen molar-refractivity contribution in [1.82, 2.24) is 14.7 Å². The van der Waals surface area contributed by atoms with E-state index in [1.807, 2.05) is 42.3 Å². The van der Waals surface area contributed by atoms with Crippen LogP contribution in [0, 0.1) is 5.41 Å². The number of carbonyl (C=O) groups excluding carboxylic acids is 1. The Morgan fingerprint density at radius 2 is 2.08 bits per heavy atom. The second-order valence-electron chi connectivity index (χ2n) is 7.15. The molecule has 2 aliphatic rings. The molecule has 1 aliphatic heterocycles. The number of benzene rings is 1. The van der Waals surface area contributed by atoms with Crippen molar-refractivity contribution >= 4 is 11.7 Å². The number of carbonyl (C=O) groups is 1. The molecule has 4 rings (SSSR count). The number of hydrogen-bond acceptors (Lipinski definition) is 3. The summed E-state index contributed by atoms with van der Waals surface area (Å²) in [6, 6.07) is 9.93. The van der Waals surface area contributed by atoms with E-state index in [-0.39, 0.29) is 11.4 Å². The van der Waals surface area contributed by atoms with Crippen LogP contribution in [0.5, 0.6) is 0 Å². The molecule has 2 aromatic rings. The van der Waals surface area contributed by atoms with Gasteiger partial charge in [0.1, 0.15) is 0 Å². The number of nitrogens with zero attached hydrogens (tertiary/aromatic N) is 3. The average molecular weight is 340 g/mol. The normalized spacial score (nSPS) is 19.3. The number of ether oxygens (including phenoxy) is 1. The van der Waals surface area contributed by atoms with Crippen molar-refractivity contribution in [2.45, 2.75) is 19.3 Å². The average Bonchev–Trinajstić information content (AvgIpc) is 2.82. The van der Waals surface area contributed by atoms with E-state index >= 15 is 0 Å². The van der Waals surface area contributed by atoms with Gasteiger partial charge in [-0.1, -0.05) is 36.8 Å². The molecule has 0 atom stereocenters. The van der Waals surface area contributed by atoms with Gasteiger partial charge in [-0.05, 0) is 12.8 Å². The number of aromatic nitrogens is 2. The molecule has 1 spiro atoms. The Labute approximate surface area is 147 Å². The third-order valence-corrected chi connectivity index (χ3v) is 5.37. The lowest BCUT2D eigenvalue weighted by molar-refractivity contribution is 0.0130. The Bertz CT molecular complexity index is 752. The molecule has 1 N–H and O–H groups in total. The van der Waals surface area contributed by atoms with Gasteiger partial charge in [-0.2, -0.15) is 5.10 Å². The van der Waals surface area contributed by atoms with Crippen LogP contribution in [0.2, 0.25) is 0 Å². The first kappa shape index (κ1) is 16.1. The van der Waals surface area contributed by atoms with E-state index < -0.39 is 0 Å². The molecule has 2 heterocycles. The fourth-order valence-corrected chi connectivity index (χ4v) is 3.81. The highest BCUT2D eigenvalue weighted by atomic mass is 16.5. The number of urea groups is 1. The van der Waals surface area contributed by atoms with Gasteiger partial charge in [-0.3, -0.25) is 4.68 Å². The summed E-state index contributed by atoms with van der Waals surface area (Å²) in [5, 5.41) is 7.39. The highest BCUT2D eigenvalue weighted by molar-refractivity contribution is 5.93. The SMILES string of the molecule is Cn1ncc(NC(=O)N2CCOCC3(CCC3)C2)c1-c1ccccc1. The van der Waals surface area contributed by atoms with Gasteiger partial charge in [-0.25, -0.2) is 4.79 Å². The Hall–Kier alpha value is -2.34. The van der Waals surface area contributed by atoms with Crippen LogP contribution in [0.4, 0.5) is 10.5 Å². The van der Waals surface area contributed by atoms with Gasteiger partial charge >= 0.3 is 6.03 Å². The minimum Gasteiger partial charge on any atom is -0.379 e. The minimum atomic E-state index is -0.0676. The van der Waals surface area contributed by atoms with E-state index in [1.165, 1.54) is 6.42 Å². The smallest absolute Gasteiger partial charge is 0.322 e. The van der Waals surface area contributed by atoms with E-state index in [0.29, 0.717) is 13.2 Å². The van der Waals surface area contributed by atoms with E-state index in [4.69, 9.17) is 4.74 Å². The molecular weight excluding hydrogens is 316 g/mol. The van der Waals surface area contributed by atoms with Crippen LogP contribution in [0.1, 0.15) is 19.3 Å². The van der Waals surface area contributed by atoms with Crippen LogP contribution < -0.4 is 5.32 Å². The van der Waals surface area contributed by atoms with Crippen LogP contribution in [0.3, 0.4) is 0 Å². The van der Waals surface area contributed by atoms with Crippen LogP contribution in [0.15, 0.2) is 36.5 Å².